The Labute approximate surface area is 96.1 Å². The van der Waals surface area contributed by atoms with Crippen molar-refractivity contribution in [3.05, 3.63) is 0 Å². The number of amides is 2. The second-order valence-electron chi connectivity index (χ2n) is 3.82. The van der Waals surface area contributed by atoms with Gasteiger partial charge in [0.2, 0.25) is 0 Å². The number of carbonyl (C=O) groups excluding carboxylic acids is 2. The van der Waals surface area contributed by atoms with Crippen LogP contribution in [0.15, 0.2) is 0 Å². The third-order valence-corrected chi connectivity index (χ3v) is 2.76. The molecule has 0 spiro atoms. The number of hydrogen-bond acceptors (Lipinski definition) is 3. The van der Waals surface area contributed by atoms with E-state index in [0.717, 1.165) is 19.4 Å². The summed E-state index contributed by atoms with van der Waals surface area (Å²) in [6.07, 6.45) is 2.07. The van der Waals surface area contributed by atoms with Gasteiger partial charge in [-0.05, 0) is 26.7 Å². The first kappa shape index (κ1) is 13.0. The lowest BCUT2D eigenvalue weighted by Gasteiger charge is -2.18. The summed E-state index contributed by atoms with van der Waals surface area (Å²) in [6.45, 7) is 6.02. The Morgan fingerprint density at radius 1 is 1.38 bits per heavy atom. The molecule has 0 aromatic heterocycles. The van der Waals surface area contributed by atoms with Gasteiger partial charge in [-0.25, -0.2) is 0 Å². The van der Waals surface area contributed by atoms with E-state index in [4.69, 9.17) is 4.74 Å². The lowest BCUT2D eigenvalue weighted by molar-refractivity contribution is -0.145. The third kappa shape index (κ3) is 3.48. The van der Waals surface area contributed by atoms with Crippen LogP contribution >= 0.6 is 0 Å². The Kier molecular flexibility index (Phi) is 5.25. The number of hydrogen-bond donors (Lipinski definition) is 1. The minimum Gasteiger partial charge on any atom is -0.376 e. The van der Waals surface area contributed by atoms with E-state index in [1.165, 1.54) is 4.90 Å². The molecule has 1 saturated heterocycles. The lowest BCUT2D eigenvalue weighted by Crippen LogP contribution is -2.44. The molecule has 1 unspecified atom stereocenters. The lowest BCUT2D eigenvalue weighted by atomic mass is 10.2. The van der Waals surface area contributed by atoms with Gasteiger partial charge in [-0.2, -0.15) is 0 Å². The Hall–Kier alpha value is -1.10. The molecule has 1 fully saturated rings. The van der Waals surface area contributed by atoms with E-state index >= 15 is 0 Å². The zero-order valence-corrected chi connectivity index (χ0v) is 9.99. The van der Waals surface area contributed by atoms with Crippen LogP contribution in [0.5, 0.6) is 0 Å². The Bertz CT molecular complexity index is 246. The van der Waals surface area contributed by atoms with Crippen LogP contribution in [0.4, 0.5) is 0 Å². The molecule has 92 valence electrons. The predicted molar refractivity (Wildman–Crippen MR) is 59.9 cm³/mol. The molecule has 0 aromatic rings. The molecular formula is C11H20N2O3. The molecule has 1 rings (SSSR count). The van der Waals surface area contributed by atoms with Crippen LogP contribution in [0.2, 0.25) is 0 Å². The van der Waals surface area contributed by atoms with Crippen LogP contribution in [0, 0.1) is 0 Å². The summed E-state index contributed by atoms with van der Waals surface area (Å²) in [5.74, 6) is -0.984. The first-order valence-corrected chi connectivity index (χ1v) is 5.87. The maximum absolute atomic E-state index is 11.6. The van der Waals surface area contributed by atoms with E-state index in [0.29, 0.717) is 19.6 Å². The Morgan fingerprint density at radius 2 is 2.06 bits per heavy atom. The highest BCUT2D eigenvalue weighted by atomic mass is 16.5. The zero-order valence-electron chi connectivity index (χ0n) is 9.99. The number of nitrogens with zero attached hydrogens (tertiary/aromatic N) is 1. The molecule has 1 N–H and O–H groups in total. The van der Waals surface area contributed by atoms with Crippen molar-refractivity contribution < 1.29 is 14.3 Å². The van der Waals surface area contributed by atoms with Crippen molar-refractivity contribution in [1.29, 1.82) is 0 Å². The maximum atomic E-state index is 11.6. The molecule has 1 atom stereocenters. The summed E-state index contributed by atoms with van der Waals surface area (Å²) < 4.78 is 5.36. The highest BCUT2D eigenvalue weighted by Gasteiger charge is 2.21. The molecule has 1 aliphatic rings. The number of nitrogens with one attached hydrogen (secondary N) is 1. The molecule has 0 aliphatic carbocycles. The van der Waals surface area contributed by atoms with Crippen LogP contribution in [0.3, 0.4) is 0 Å². The van der Waals surface area contributed by atoms with Crippen molar-refractivity contribution >= 4 is 11.8 Å². The van der Waals surface area contributed by atoms with Gasteiger partial charge in [-0.15, -0.1) is 0 Å². The fourth-order valence-corrected chi connectivity index (χ4v) is 1.74. The van der Waals surface area contributed by atoms with Crippen molar-refractivity contribution in [2.24, 2.45) is 0 Å². The van der Waals surface area contributed by atoms with Crippen molar-refractivity contribution in [2.75, 3.05) is 26.2 Å². The second kappa shape index (κ2) is 6.48. The standard InChI is InChI=1S/C11H20N2O3/c1-3-13(4-2)11(15)10(14)12-8-9-6-5-7-16-9/h9H,3-8H2,1-2H3,(H,12,14). The molecule has 0 radical (unpaired) electrons. The minimum absolute atomic E-state index is 0.0773. The van der Waals surface area contributed by atoms with E-state index in [9.17, 15) is 9.59 Å². The number of carbonyl (C=O) groups is 2. The highest BCUT2D eigenvalue weighted by Crippen LogP contribution is 2.10. The van der Waals surface area contributed by atoms with Crippen molar-refractivity contribution in [2.45, 2.75) is 32.8 Å². The van der Waals surface area contributed by atoms with Crippen LogP contribution < -0.4 is 5.32 Å². The molecule has 5 heteroatoms. The molecule has 16 heavy (non-hydrogen) atoms. The fraction of sp³-hybridized carbons (Fsp3) is 0.818. The van der Waals surface area contributed by atoms with Crippen molar-refractivity contribution in [1.82, 2.24) is 10.2 Å². The first-order valence-electron chi connectivity index (χ1n) is 5.87. The van der Waals surface area contributed by atoms with Gasteiger partial charge in [0.05, 0.1) is 6.10 Å². The number of rotatable bonds is 4. The summed E-state index contributed by atoms with van der Waals surface area (Å²) in [4.78, 5) is 24.6. The van der Waals surface area contributed by atoms with Gasteiger partial charge in [0, 0.05) is 26.2 Å². The fourth-order valence-electron chi connectivity index (χ4n) is 1.74. The van der Waals surface area contributed by atoms with Crippen LogP contribution in [0.25, 0.3) is 0 Å². The molecule has 5 nitrogen and oxygen atoms in total. The highest BCUT2D eigenvalue weighted by molar-refractivity contribution is 6.34. The largest absolute Gasteiger partial charge is 0.376 e. The smallest absolute Gasteiger partial charge is 0.311 e. The topological polar surface area (TPSA) is 58.6 Å². The predicted octanol–water partition coefficient (Wildman–Crippen LogP) is 0.150. The normalized spacial score (nSPS) is 19.5. The van der Waals surface area contributed by atoms with Gasteiger partial charge < -0.3 is 15.0 Å². The zero-order chi connectivity index (χ0) is 12.0. The molecule has 0 saturated carbocycles. The summed E-state index contributed by atoms with van der Waals surface area (Å²) in [5.41, 5.74) is 0. The molecular weight excluding hydrogens is 208 g/mol. The van der Waals surface area contributed by atoms with Crippen LogP contribution in [0.1, 0.15) is 26.7 Å². The molecule has 1 aliphatic heterocycles. The average molecular weight is 228 g/mol. The summed E-state index contributed by atoms with van der Waals surface area (Å²) in [6, 6.07) is 0. The minimum atomic E-state index is -0.529. The molecule has 2 amide bonds. The van der Waals surface area contributed by atoms with Gasteiger partial charge in [0.25, 0.3) is 0 Å². The van der Waals surface area contributed by atoms with E-state index < -0.39 is 11.8 Å². The third-order valence-electron chi connectivity index (χ3n) is 2.76. The van der Waals surface area contributed by atoms with Crippen LogP contribution in [-0.2, 0) is 14.3 Å². The monoisotopic (exact) mass is 228 g/mol. The Morgan fingerprint density at radius 3 is 2.56 bits per heavy atom. The van der Waals surface area contributed by atoms with Crippen LogP contribution in [-0.4, -0.2) is 49.1 Å². The first-order chi connectivity index (χ1) is 7.69. The van der Waals surface area contributed by atoms with E-state index in [1.807, 2.05) is 13.8 Å². The van der Waals surface area contributed by atoms with Gasteiger partial charge in [0.1, 0.15) is 0 Å². The quantitative estimate of drug-likeness (QED) is 0.697. The summed E-state index contributed by atoms with van der Waals surface area (Å²) in [5, 5.41) is 2.62. The van der Waals surface area contributed by atoms with Gasteiger partial charge in [-0.3, -0.25) is 9.59 Å². The van der Waals surface area contributed by atoms with E-state index in [-0.39, 0.29) is 6.10 Å². The van der Waals surface area contributed by atoms with Gasteiger partial charge >= 0.3 is 11.8 Å². The van der Waals surface area contributed by atoms with Gasteiger partial charge in [0.15, 0.2) is 0 Å². The summed E-state index contributed by atoms with van der Waals surface area (Å²) in [7, 11) is 0. The molecule has 0 aromatic carbocycles. The molecule has 1 heterocycles. The average Bonchev–Trinajstić information content (AvgIpc) is 2.80. The summed E-state index contributed by atoms with van der Waals surface area (Å²) >= 11 is 0. The van der Waals surface area contributed by atoms with E-state index in [1.54, 1.807) is 0 Å². The molecule has 0 bridgehead atoms. The van der Waals surface area contributed by atoms with E-state index in [2.05, 4.69) is 5.32 Å². The van der Waals surface area contributed by atoms with Crippen molar-refractivity contribution in [3.8, 4) is 0 Å². The number of likely N-dealkylation sites (N-methyl/N-ethyl adjacent to an activating group) is 1. The van der Waals surface area contributed by atoms with Gasteiger partial charge in [-0.1, -0.05) is 0 Å². The second-order valence-corrected chi connectivity index (χ2v) is 3.82. The number of ether oxygens (including phenoxy) is 1. The Balaban J connectivity index is 2.30. The van der Waals surface area contributed by atoms with Crippen molar-refractivity contribution in [3.63, 3.8) is 0 Å². The SMILES string of the molecule is CCN(CC)C(=O)C(=O)NCC1CCCO1. The maximum Gasteiger partial charge on any atom is 0.311 e.